The smallest absolute Gasteiger partial charge is 0.269 e. The topological polar surface area (TPSA) is 64.9 Å². The highest BCUT2D eigenvalue weighted by Crippen LogP contribution is 2.34. The van der Waals surface area contributed by atoms with Crippen LogP contribution in [0.2, 0.25) is 0 Å². The van der Waals surface area contributed by atoms with Crippen LogP contribution in [0.25, 0.3) is 0 Å². The average Bonchev–Trinajstić information content (AvgIpc) is 2.56. The number of hydrogen-bond acceptors (Lipinski definition) is 4. The van der Waals surface area contributed by atoms with E-state index in [1.807, 2.05) is 75.4 Å². The molecule has 0 aromatic heterocycles. The minimum absolute atomic E-state index is 0.0626. The maximum Gasteiger partial charge on any atom is 0.269 e. The highest BCUT2D eigenvalue weighted by molar-refractivity contribution is 8.04. The number of rotatable bonds is 5. The highest BCUT2D eigenvalue weighted by atomic mass is 32.2. The number of hydrogen-bond donors (Lipinski definition) is 2. The molecule has 2 N–H and O–H groups in total. The fourth-order valence-corrected chi connectivity index (χ4v) is 3.04. The summed E-state index contributed by atoms with van der Waals surface area (Å²) in [6, 6.07) is 20.7. The molecule has 2 aromatic rings. The summed E-state index contributed by atoms with van der Waals surface area (Å²) in [6.07, 6.45) is 0. The fourth-order valence-electron chi connectivity index (χ4n) is 2.02. The Morgan fingerprint density at radius 3 is 1.84 bits per heavy atom. The van der Waals surface area contributed by atoms with Gasteiger partial charge in [0.05, 0.1) is 5.03 Å². The summed E-state index contributed by atoms with van der Waals surface area (Å²) in [6.45, 7) is 6.11. The van der Waals surface area contributed by atoms with E-state index in [0.717, 1.165) is 5.69 Å². The van der Waals surface area contributed by atoms with E-state index < -0.39 is 5.91 Å². The first kappa shape index (κ1) is 18.6. The Morgan fingerprint density at radius 1 is 0.920 bits per heavy atom. The number of carbonyl (C=O) groups excluding carboxylic acids is 1. The van der Waals surface area contributed by atoms with Crippen molar-refractivity contribution in [2.75, 3.05) is 10.6 Å². The summed E-state index contributed by atoms with van der Waals surface area (Å²) in [5.41, 5.74) is 1.54. The standard InChI is InChI=1S/C20H21N3OS/c1-20(2,3)25-19(23-16-12-8-5-9-13-16)17(14-21)18(24)22-15-10-6-4-7-11-15/h4-13,23H,1-3H3,(H,22,24)/b19-17+. The number of thioether (sulfide) groups is 1. The third-order valence-corrected chi connectivity index (χ3v) is 4.16. The van der Waals surface area contributed by atoms with E-state index in [1.54, 1.807) is 12.1 Å². The van der Waals surface area contributed by atoms with E-state index >= 15 is 0 Å². The first-order valence-electron chi connectivity index (χ1n) is 7.91. The largest absolute Gasteiger partial charge is 0.349 e. The van der Waals surface area contributed by atoms with Crippen molar-refractivity contribution >= 4 is 29.0 Å². The maximum absolute atomic E-state index is 12.6. The van der Waals surface area contributed by atoms with Crippen molar-refractivity contribution in [3.8, 4) is 6.07 Å². The summed E-state index contributed by atoms with van der Waals surface area (Å²) in [5, 5.41) is 16.1. The summed E-state index contributed by atoms with van der Waals surface area (Å²) < 4.78 is -0.160. The van der Waals surface area contributed by atoms with Crippen LogP contribution < -0.4 is 10.6 Å². The Labute approximate surface area is 152 Å². The summed E-state index contributed by atoms with van der Waals surface area (Å²) in [5.74, 6) is -0.427. The Bertz CT molecular complexity index is 787. The van der Waals surface area contributed by atoms with Crippen LogP contribution in [0.3, 0.4) is 0 Å². The van der Waals surface area contributed by atoms with Gasteiger partial charge in [0, 0.05) is 16.1 Å². The van der Waals surface area contributed by atoms with Gasteiger partial charge in [-0.2, -0.15) is 5.26 Å². The zero-order valence-corrected chi connectivity index (χ0v) is 15.4. The SMILES string of the molecule is CC(C)(C)S/C(Nc1ccccc1)=C(\C#N)C(=O)Nc1ccccc1. The molecule has 2 aromatic carbocycles. The van der Waals surface area contributed by atoms with Gasteiger partial charge >= 0.3 is 0 Å². The Morgan fingerprint density at radius 2 is 1.40 bits per heavy atom. The molecular weight excluding hydrogens is 330 g/mol. The molecule has 0 aliphatic heterocycles. The molecule has 0 aliphatic carbocycles. The number of nitriles is 1. The molecular formula is C20H21N3OS. The number of benzene rings is 2. The molecule has 5 heteroatoms. The summed E-state index contributed by atoms with van der Waals surface area (Å²) in [7, 11) is 0. The van der Waals surface area contributed by atoms with Crippen molar-refractivity contribution in [3.63, 3.8) is 0 Å². The van der Waals surface area contributed by atoms with Crippen LogP contribution >= 0.6 is 11.8 Å². The predicted molar refractivity (Wildman–Crippen MR) is 105 cm³/mol. The number of amides is 1. The molecule has 2 rings (SSSR count). The molecule has 0 fully saturated rings. The second-order valence-corrected chi connectivity index (χ2v) is 8.18. The Kier molecular flexibility index (Phi) is 6.26. The molecule has 0 aliphatic rings. The van der Waals surface area contributed by atoms with Gasteiger partial charge in [0.25, 0.3) is 5.91 Å². The third kappa shape index (κ3) is 6.02. The van der Waals surface area contributed by atoms with Crippen LogP contribution in [0.15, 0.2) is 71.3 Å². The first-order valence-corrected chi connectivity index (χ1v) is 8.72. The highest BCUT2D eigenvalue weighted by Gasteiger charge is 2.22. The minimum atomic E-state index is -0.427. The lowest BCUT2D eigenvalue weighted by molar-refractivity contribution is -0.112. The van der Waals surface area contributed by atoms with Crippen molar-refractivity contribution in [3.05, 3.63) is 71.3 Å². The summed E-state index contributed by atoms with van der Waals surface area (Å²) in [4.78, 5) is 12.6. The molecule has 0 spiro atoms. The van der Waals surface area contributed by atoms with E-state index in [2.05, 4.69) is 10.6 Å². The molecule has 1 amide bonds. The first-order chi connectivity index (χ1) is 11.9. The normalized spacial score (nSPS) is 11.9. The van der Waals surface area contributed by atoms with Gasteiger partial charge in [0.1, 0.15) is 11.6 Å². The number of carbonyl (C=O) groups is 1. The van der Waals surface area contributed by atoms with Gasteiger partial charge in [-0.25, -0.2) is 0 Å². The van der Waals surface area contributed by atoms with Crippen molar-refractivity contribution < 1.29 is 4.79 Å². The molecule has 4 nitrogen and oxygen atoms in total. The second kappa shape index (κ2) is 8.41. The zero-order valence-electron chi connectivity index (χ0n) is 14.5. The number of nitrogens with one attached hydrogen (secondary N) is 2. The minimum Gasteiger partial charge on any atom is -0.349 e. The molecule has 0 bridgehead atoms. The molecule has 128 valence electrons. The van der Waals surface area contributed by atoms with E-state index in [0.29, 0.717) is 10.7 Å². The van der Waals surface area contributed by atoms with Gasteiger partial charge in [-0.15, -0.1) is 11.8 Å². The van der Waals surface area contributed by atoms with Crippen LogP contribution in [-0.2, 0) is 4.79 Å². The quantitative estimate of drug-likeness (QED) is 0.587. The van der Waals surface area contributed by atoms with Gasteiger partial charge < -0.3 is 10.6 Å². The van der Waals surface area contributed by atoms with Gasteiger partial charge in [-0.05, 0) is 24.3 Å². The second-order valence-electron chi connectivity index (χ2n) is 6.34. The van der Waals surface area contributed by atoms with Gasteiger partial charge in [0.2, 0.25) is 0 Å². The lowest BCUT2D eigenvalue weighted by Gasteiger charge is -2.22. The van der Waals surface area contributed by atoms with Crippen LogP contribution in [0.1, 0.15) is 20.8 Å². The molecule has 0 unspecified atom stereocenters. The molecule has 0 radical (unpaired) electrons. The fraction of sp³-hybridized carbons (Fsp3) is 0.200. The predicted octanol–water partition coefficient (Wildman–Crippen LogP) is 5.00. The van der Waals surface area contributed by atoms with Crippen molar-refractivity contribution in [1.29, 1.82) is 5.26 Å². The van der Waals surface area contributed by atoms with E-state index in [-0.39, 0.29) is 10.3 Å². The third-order valence-electron chi connectivity index (χ3n) is 3.04. The maximum atomic E-state index is 12.6. The van der Waals surface area contributed by atoms with Gasteiger partial charge in [-0.3, -0.25) is 4.79 Å². The van der Waals surface area contributed by atoms with Crippen LogP contribution in [-0.4, -0.2) is 10.7 Å². The monoisotopic (exact) mass is 351 g/mol. The van der Waals surface area contributed by atoms with E-state index in [1.165, 1.54) is 11.8 Å². The number of anilines is 2. The molecule has 0 atom stereocenters. The van der Waals surface area contributed by atoms with Crippen LogP contribution in [0.5, 0.6) is 0 Å². The van der Waals surface area contributed by atoms with Crippen molar-refractivity contribution in [1.82, 2.24) is 0 Å². The Balaban J connectivity index is 2.34. The lowest BCUT2D eigenvalue weighted by Crippen LogP contribution is -2.19. The number of nitrogens with zero attached hydrogens (tertiary/aromatic N) is 1. The average molecular weight is 351 g/mol. The van der Waals surface area contributed by atoms with Crippen LogP contribution in [0.4, 0.5) is 11.4 Å². The molecule has 0 saturated heterocycles. The molecule has 0 heterocycles. The molecule has 25 heavy (non-hydrogen) atoms. The van der Waals surface area contributed by atoms with Crippen molar-refractivity contribution in [2.24, 2.45) is 0 Å². The molecule has 0 saturated carbocycles. The van der Waals surface area contributed by atoms with E-state index in [4.69, 9.17) is 0 Å². The van der Waals surface area contributed by atoms with Crippen molar-refractivity contribution in [2.45, 2.75) is 25.5 Å². The van der Waals surface area contributed by atoms with Gasteiger partial charge in [0.15, 0.2) is 0 Å². The van der Waals surface area contributed by atoms with E-state index in [9.17, 15) is 10.1 Å². The Hall–Kier alpha value is -2.71. The van der Waals surface area contributed by atoms with Gasteiger partial charge in [-0.1, -0.05) is 57.2 Å². The summed E-state index contributed by atoms with van der Waals surface area (Å²) >= 11 is 1.45. The lowest BCUT2D eigenvalue weighted by atomic mass is 10.2. The zero-order chi connectivity index (χ0) is 18.3. The van der Waals surface area contributed by atoms with Crippen LogP contribution in [0, 0.1) is 11.3 Å². The number of para-hydroxylation sites is 2.